The highest BCUT2D eigenvalue weighted by atomic mass is 16.5. The van der Waals surface area contributed by atoms with E-state index in [2.05, 4.69) is 24.1 Å². The highest BCUT2D eigenvalue weighted by Crippen LogP contribution is 2.12. The summed E-state index contributed by atoms with van der Waals surface area (Å²) >= 11 is 0. The zero-order valence-corrected chi connectivity index (χ0v) is 10.1. The summed E-state index contributed by atoms with van der Waals surface area (Å²) in [6.45, 7) is 5.16. The number of amides is 1. The highest BCUT2D eigenvalue weighted by Gasteiger charge is 2.01. The maximum atomic E-state index is 10.3. The molecule has 0 aliphatic rings. The van der Waals surface area contributed by atoms with E-state index in [4.69, 9.17) is 9.84 Å². The lowest BCUT2D eigenvalue weighted by Crippen LogP contribution is -2.20. The molecular weight excluding hydrogens is 220 g/mol. The van der Waals surface area contributed by atoms with Crippen LogP contribution in [0.4, 0.5) is 4.79 Å². The molecule has 5 heteroatoms. The van der Waals surface area contributed by atoms with Crippen molar-refractivity contribution in [1.29, 1.82) is 0 Å². The van der Waals surface area contributed by atoms with E-state index in [0.29, 0.717) is 18.3 Å². The summed E-state index contributed by atoms with van der Waals surface area (Å²) in [5.74, 6) is 1.27. The molecule has 0 spiro atoms. The molecule has 0 radical (unpaired) electrons. The lowest BCUT2D eigenvalue weighted by Gasteiger charge is -2.08. The van der Waals surface area contributed by atoms with Crippen LogP contribution in [0.3, 0.4) is 0 Å². The number of pyridine rings is 1. The Bertz CT molecular complexity index is 367. The van der Waals surface area contributed by atoms with Crippen molar-refractivity contribution in [3.05, 3.63) is 24.0 Å². The summed E-state index contributed by atoms with van der Waals surface area (Å²) in [6.07, 6.45) is 3.18. The van der Waals surface area contributed by atoms with Gasteiger partial charge < -0.3 is 15.2 Å². The minimum absolute atomic E-state index is 0.240. The molecule has 0 saturated heterocycles. The van der Waals surface area contributed by atoms with Crippen LogP contribution in [0.15, 0.2) is 18.5 Å². The fourth-order valence-electron chi connectivity index (χ4n) is 1.23. The molecule has 0 aliphatic carbocycles. The fraction of sp³-hybridized carbons (Fsp3) is 0.500. The Kier molecular flexibility index (Phi) is 5.26. The van der Waals surface area contributed by atoms with Crippen molar-refractivity contribution in [2.24, 2.45) is 5.92 Å². The number of carboxylic acid groups (broad SMARTS) is 1. The smallest absolute Gasteiger partial charge is 0.404 e. The van der Waals surface area contributed by atoms with Crippen LogP contribution in [-0.2, 0) is 6.54 Å². The van der Waals surface area contributed by atoms with Crippen molar-refractivity contribution in [2.45, 2.75) is 26.8 Å². The Morgan fingerprint density at radius 3 is 2.94 bits per heavy atom. The molecule has 1 aromatic heterocycles. The topological polar surface area (TPSA) is 71.5 Å². The summed E-state index contributed by atoms with van der Waals surface area (Å²) in [5.41, 5.74) is 0.787. The van der Waals surface area contributed by atoms with E-state index in [1.165, 1.54) is 0 Å². The molecular formula is C12H18N2O3. The van der Waals surface area contributed by atoms with Crippen LogP contribution >= 0.6 is 0 Å². The minimum atomic E-state index is -1.05. The van der Waals surface area contributed by atoms with Gasteiger partial charge in [0.2, 0.25) is 0 Å². The maximum Gasteiger partial charge on any atom is 0.404 e. The van der Waals surface area contributed by atoms with Crippen LogP contribution in [0.5, 0.6) is 5.75 Å². The van der Waals surface area contributed by atoms with Crippen molar-refractivity contribution < 1.29 is 14.6 Å². The zero-order valence-electron chi connectivity index (χ0n) is 10.1. The Hall–Kier alpha value is -1.78. The molecule has 2 N–H and O–H groups in total. The van der Waals surface area contributed by atoms with Gasteiger partial charge in [-0.2, -0.15) is 0 Å². The number of nitrogens with zero attached hydrogens (tertiary/aromatic N) is 1. The van der Waals surface area contributed by atoms with Crippen LogP contribution in [0.2, 0.25) is 0 Å². The van der Waals surface area contributed by atoms with E-state index in [1.54, 1.807) is 18.5 Å². The van der Waals surface area contributed by atoms with Gasteiger partial charge in [-0.25, -0.2) is 4.79 Å². The van der Waals surface area contributed by atoms with Gasteiger partial charge in [0, 0.05) is 12.7 Å². The summed E-state index contributed by atoms with van der Waals surface area (Å²) in [6, 6.07) is 1.79. The highest BCUT2D eigenvalue weighted by molar-refractivity contribution is 5.64. The number of nitrogens with one attached hydrogen (secondary N) is 1. The summed E-state index contributed by atoms with van der Waals surface area (Å²) in [7, 11) is 0. The molecule has 1 rings (SSSR count). The molecule has 0 unspecified atom stereocenters. The third-order valence-electron chi connectivity index (χ3n) is 2.18. The van der Waals surface area contributed by atoms with E-state index >= 15 is 0 Å². The molecule has 17 heavy (non-hydrogen) atoms. The van der Waals surface area contributed by atoms with Gasteiger partial charge in [-0.1, -0.05) is 13.8 Å². The van der Waals surface area contributed by atoms with Gasteiger partial charge in [0.25, 0.3) is 0 Å². The van der Waals surface area contributed by atoms with Crippen LogP contribution < -0.4 is 10.1 Å². The lowest BCUT2D eigenvalue weighted by atomic mass is 10.1. The Labute approximate surface area is 101 Å². The van der Waals surface area contributed by atoms with Crippen molar-refractivity contribution in [1.82, 2.24) is 10.3 Å². The Morgan fingerprint density at radius 1 is 1.53 bits per heavy atom. The second-order valence-corrected chi connectivity index (χ2v) is 4.22. The second kappa shape index (κ2) is 6.73. The van der Waals surface area contributed by atoms with Crippen molar-refractivity contribution in [2.75, 3.05) is 6.61 Å². The van der Waals surface area contributed by atoms with Gasteiger partial charge in [-0.3, -0.25) is 4.98 Å². The Morgan fingerprint density at radius 2 is 2.29 bits per heavy atom. The van der Waals surface area contributed by atoms with Crippen molar-refractivity contribution in [3.8, 4) is 5.75 Å². The van der Waals surface area contributed by atoms with Crippen molar-refractivity contribution in [3.63, 3.8) is 0 Å². The average Bonchev–Trinajstić information content (AvgIpc) is 2.26. The monoisotopic (exact) mass is 238 g/mol. The molecule has 1 amide bonds. The van der Waals surface area contributed by atoms with Crippen molar-refractivity contribution >= 4 is 6.09 Å². The zero-order chi connectivity index (χ0) is 12.7. The first-order chi connectivity index (χ1) is 8.08. The van der Waals surface area contributed by atoms with Gasteiger partial charge in [0.15, 0.2) is 0 Å². The van der Waals surface area contributed by atoms with Gasteiger partial charge in [-0.15, -0.1) is 0 Å². The van der Waals surface area contributed by atoms with E-state index in [0.717, 1.165) is 12.0 Å². The standard InChI is InChI=1S/C12H18N2O3/c1-9(2)3-4-17-11-5-10(6-13-8-11)7-14-12(15)16/h5-6,8-9,14H,3-4,7H2,1-2H3,(H,15,16). The Balaban J connectivity index is 2.45. The minimum Gasteiger partial charge on any atom is -0.492 e. The molecule has 0 atom stereocenters. The molecule has 0 bridgehead atoms. The largest absolute Gasteiger partial charge is 0.492 e. The van der Waals surface area contributed by atoms with E-state index in [1.807, 2.05) is 0 Å². The van der Waals surface area contributed by atoms with Crippen LogP contribution in [0.1, 0.15) is 25.8 Å². The first-order valence-electron chi connectivity index (χ1n) is 5.61. The van der Waals surface area contributed by atoms with Gasteiger partial charge in [0.05, 0.1) is 12.8 Å². The molecule has 0 saturated carbocycles. The second-order valence-electron chi connectivity index (χ2n) is 4.22. The molecule has 0 aliphatic heterocycles. The number of aromatic nitrogens is 1. The fourth-order valence-corrected chi connectivity index (χ4v) is 1.23. The van der Waals surface area contributed by atoms with Crippen LogP contribution in [-0.4, -0.2) is 22.8 Å². The lowest BCUT2D eigenvalue weighted by molar-refractivity contribution is 0.194. The average molecular weight is 238 g/mol. The SMILES string of the molecule is CC(C)CCOc1cncc(CNC(=O)O)c1. The van der Waals surface area contributed by atoms with E-state index < -0.39 is 6.09 Å². The molecule has 1 aromatic rings. The van der Waals surface area contributed by atoms with Gasteiger partial charge >= 0.3 is 6.09 Å². The summed E-state index contributed by atoms with van der Waals surface area (Å²) < 4.78 is 5.53. The van der Waals surface area contributed by atoms with Crippen LogP contribution in [0, 0.1) is 5.92 Å². The molecule has 5 nitrogen and oxygen atoms in total. The number of carbonyl (C=O) groups is 1. The number of ether oxygens (including phenoxy) is 1. The summed E-state index contributed by atoms with van der Waals surface area (Å²) in [5, 5.41) is 10.8. The molecule has 0 fully saturated rings. The number of hydrogen-bond acceptors (Lipinski definition) is 3. The molecule has 0 aromatic carbocycles. The van der Waals surface area contributed by atoms with Gasteiger partial charge in [-0.05, 0) is 24.0 Å². The van der Waals surface area contributed by atoms with E-state index in [-0.39, 0.29) is 6.54 Å². The van der Waals surface area contributed by atoms with Gasteiger partial charge in [0.1, 0.15) is 5.75 Å². The first kappa shape index (κ1) is 13.3. The normalized spacial score (nSPS) is 10.3. The third kappa shape index (κ3) is 5.75. The predicted molar refractivity (Wildman–Crippen MR) is 64.1 cm³/mol. The molecule has 1 heterocycles. The maximum absolute atomic E-state index is 10.3. The molecule has 94 valence electrons. The number of rotatable bonds is 6. The van der Waals surface area contributed by atoms with Crippen LogP contribution in [0.25, 0.3) is 0 Å². The third-order valence-corrected chi connectivity index (χ3v) is 2.18. The summed E-state index contributed by atoms with van der Waals surface area (Å²) in [4.78, 5) is 14.3. The number of hydrogen-bond donors (Lipinski definition) is 2. The predicted octanol–water partition coefficient (Wildman–Crippen LogP) is 2.27. The van der Waals surface area contributed by atoms with E-state index in [9.17, 15) is 4.79 Å². The quantitative estimate of drug-likeness (QED) is 0.797. The first-order valence-corrected chi connectivity index (χ1v) is 5.61.